The average molecular weight is 179 g/mol. The molecular weight excluding hydrogens is 166 g/mol. The molecule has 0 unspecified atom stereocenters. The quantitative estimate of drug-likeness (QED) is 0.664. The largest absolute Gasteiger partial charge is 0.341 e. The van der Waals surface area contributed by atoms with Crippen molar-refractivity contribution < 1.29 is 9.63 Å². The summed E-state index contributed by atoms with van der Waals surface area (Å²) in [6.07, 6.45) is 0. The molecule has 0 N–H and O–H groups in total. The summed E-state index contributed by atoms with van der Waals surface area (Å²) in [4.78, 5) is 15.7. The summed E-state index contributed by atoms with van der Waals surface area (Å²) in [5.74, 6) is -0.300. The van der Waals surface area contributed by atoms with Gasteiger partial charge in [-0.25, -0.2) is 5.06 Å². The highest BCUT2D eigenvalue weighted by Gasteiger charge is 2.05. The van der Waals surface area contributed by atoms with Crippen LogP contribution in [0.4, 0.5) is 5.69 Å². The Kier molecular flexibility index (Phi) is 3.31. The third kappa shape index (κ3) is 2.78. The van der Waals surface area contributed by atoms with Crippen LogP contribution in [0.5, 0.6) is 0 Å². The maximum atomic E-state index is 10.7. The molecule has 0 heterocycles. The number of carbonyl (C=O) groups is 1. The molecule has 70 valence electrons. The van der Waals surface area contributed by atoms with E-state index >= 15 is 0 Å². The van der Waals surface area contributed by atoms with Crippen LogP contribution in [0.3, 0.4) is 0 Å². The molecule has 0 radical (unpaired) electrons. The molecule has 1 aromatic carbocycles. The van der Waals surface area contributed by atoms with E-state index in [0.717, 1.165) is 5.69 Å². The summed E-state index contributed by atoms with van der Waals surface area (Å²) in [5.41, 5.74) is 0.889. The predicted molar refractivity (Wildman–Crippen MR) is 51.2 cm³/mol. The molecule has 0 aromatic heterocycles. The van der Waals surface area contributed by atoms with Gasteiger partial charge in [0.1, 0.15) is 0 Å². The van der Waals surface area contributed by atoms with Crippen molar-refractivity contribution in [2.75, 3.05) is 11.6 Å². The van der Waals surface area contributed by atoms with E-state index in [-0.39, 0.29) is 5.97 Å². The van der Waals surface area contributed by atoms with Gasteiger partial charge in [-0.1, -0.05) is 18.2 Å². The average Bonchev–Trinajstić information content (AvgIpc) is 2.15. The molecular formula is C10H13NO2. The number of hydrogen-bond donors (Lipinski definition) is 0. The third-order valence-corrected chi connectivity index (χ3v) is 1.57. The van der Waals surface area contributed by atoms with Crippen molar-refractivity contribution in [2.45, 2.75) is 13.8 Å². The number of benzene rings is 1. The maximum Gasteiger partial charge on any atom is 0.329 e. The van der Waals surface area contributed by atoms with Gasteiger partial charge in [0.15, 0.2) is 0 Å². The molecule has 0 amide bonds. The Morgan fingerprint density at radius 1 is 1.38 bits per heavy atom. The van der Waals surface area contributed by atoms with Crippen LogP contribution in [0.2, 0.25) is 0 Å². The fraction of sp³-hybridized carbons (Fsp3) is 0.300. The van der Waals surface area contributed by atoms with Crippen molar-refractivity contribution in [3.8, 4) is 0 Å². The Balaban J connectivity index is 2.73. The number of para-hydroxylation sites is 1. The first kappa shape index (κ1) is 9.58. The van der Waals surface area contributed by atoms with E-state index in [9.17, 15) is 4.79 Å². The van der Waals surface area contributed by atoms with Gasteiger partial charge in [0.2, 0.25) is 0 Å². The second kappa shape index (κ2) is 4.50. The Bertz CT molecular complexity index is 272. The molecule has 0 aliphatic rings. The zero-order chi connectivity index (χ0) is 9.68. The summed E-state index contributed by atoms with van der Waals surface area (Å²) < 4.78 is 0. The normalized spacial score (nSPS) is 9.38. The van der Waals surface area contributed by atoms with Crippen LogP contribution in [0, 0.1) is 0 Å². The lowest BCUT2D eigenvalue weighted by Crippen LogP contribution is -2.25. The van der Waals surface area contributed by atoms with Crippen molar-refractivity contribution in [2.24, 2.45) is 0 Å². The molecule has 3 heteroatoms. The summed E-state index contributed by atoms with van der Waals surface area (Å²) in [5, 5.41) is 1.56. The molecule has 0 spiro atoms. The zero-order valence-electron chi connectivity index (χ0n) is 7.86. The highest BCUT2D eigenvalue weighted by Crippen LogP contribution is 2.12. The van der Waals surface area contributed by atoms with Gasteiger partial charge in [0.05, 0.1) is 12.2 Å². The predicted octanol–water partition coefficient (Wildman–Crippen LogP) is 1.99. The summed E-state index contributed by atoms with van der Waals surface area (Å²) >= 11 is 0. The molecule has 0 aliphatic heterocycles. The highest BCUT2D eigenvalue weighted by atomic mass is 16.7. The molecule has 1 rings (SSSR count). The second-order valence-electron chi connectivity index (χ2n) is 2.61. The van der Waals surface area contributed by atoms with Crippen LogP contribution in [0.25, 0.3) is 0 Å². The van der Waals surface area contributed by atoms with Gasteiger partial charge in [-0.15, -0.1) is 0 Å². The Morgan fingerprint density at radius 2 is 2.00 bits per heavy atom. The minimum atomic E-state index is -0.300. The first-order valence-corrected chi connectivity index (χ1v) is 4.25. The van der Waals surface area contributed by atoms with E-state index < -0.39 is 0 Å². The van der Waals surface area contributed by atoms with E-state index in [1.807, 2.05) is 37.3 Å². The van der Waals surface area contributed by atoms with Gasteiger partial charge in [0.25, 0.3) is 0 Å². The minimum Gasteiger partial charge on any atom is -0.341 e. The fourth-order valence-electron chi connectivity index (χ4n) is 1.05. The number of carbonyl (C=O) groups excluding carboxylic acids is 1. The third-order valence-electron chi connectivity index (χ3n) is 1.57. The summed E-state index contributed by atoms with van der Waals surface area (Å²) in [7, 11) is 0. The number of hydroxylamine groups is 1. The standard InChI is InChI=1S/C10H13NO2/c1-3-11(13-9(2)12)10-7-5-4-6-8-10/h4-8H,3H2,1-2H3. The Labute approximate surface area is 77.9 Å². The Hall–Kier alpha value is -1.51. The van der Waals surface area contributed by atoms with Gasteiger partial charge in [-0.2, -0.15) is 0 Å². The van der Waals surface area contributed by atoms with Crippen molar-refractivity contribution in [1.29, 1.82) is 0 Å². The van der Waals surface area contributed by atoms with Crippen LogP contribution in [0.1, 0.15) is 13.8 Å². The van der Waals surface area contributed by atoms with Gasteiger partial charge in [-0.3, -0.25) is 4.79 Å². The number of rotatable bonds is 3. The molecule has 1 aromatic rings. The molecule has 0 bridgehead atoms. The SMILES string of the molecule is CCN(OC(C)=O)c1ccccc1. The molecule has 13 heavy (non-hydrogen) atoms. The zero-order valence-corrected chi connectivity index (χ0v) is 7.86. The number of anilines is 1. The topological polar surface area (TPSA) is 29.5 Å². The van der Waals surface area contributed by atoms with Gasteiger partial charge in [0, 0.05) is 6.92 Å². The highest BCUT2D eigenvalue weighted by molar-refractivity contribution is 5.67. The van der Waals surface area contributed by atoms with E-state index in [2.05, 4.69) is 0 Å². The monoisotopic (exact) mass is 179 g/mol. The lowest BCUT2D eigenvalue weighted by Gasteiger charge is -2.20. The summed E-state index contributed by atoms with van der Waals surface area (Å²) in [6, 6.07) is 9.52. The van der Waals surface area contributed by atoms with Crippen molar-refractivity contribution in [3.63, 3.8) is 0 Å². The smallest absolute Gasteiger partial charge is 0.329 e. The van der Waals surface area contributed by atoms with E-state index in [1.54, 1.807) is 5.06 Å². The maximum absolute atomic E-state index is 10.7. The number of hydrogen-bond acceptors (Lipinski definition) is 3. The molecule has 3 nitrogen and oxygen atoms in total. The Morgan fingerprint density at radius 3 is 2.46 bits per heavy atom. The molecule has 0 aliphatic carbocycles. The van der Waals surface area contributed by atoms with E-state index in [4.69, 9.17) is 4.84 Å². The molecule has 0 saturated heterocycles. The second-order valence-corrected chi connectivity index (χ2v) is 2.61. The molecule has 0 fully saturated rings. The van der Waals surface area contributed by atoms with Crippen LogP contribution in [-0.2, 0) is 9.63 Å². The minimum absolute atomic E-state index is 0.300. The van der Waals surface area contributed by atoms with Crippen LogP contribution < -0.4 is 5.06 Å². The number of nitrogens with zero attached hydrogens (tertiary/aromatic N) is 1. The summed E-state index contributed by atoms with van der Waals surface area (Å²) in [6.45, 7) is 3.96. The lowest BCUT2D eigenvalue weighted by molar-refractivity contribution is -0.142. The fourth-order valence-corrected chi connectivity index (χ4v) is 1.05. The first-order chi connectivity index (χ1) is 6.24. The molecule has 0 saturated carbocycles. The first-order valence-electron chi connectivity index (χ1n) is 4.25. The van der Waals surface area contributed by atoms with Gasteiger partial charge < -0.3 is 4.84 Å². The molecule has 0 atom stereocenters. The van der Waals surface area contributed by atoms with Crippen molar-refractivity contribution in [3.05, 3.63) is 30.3 Å². The van der Waals surface area contributed by atoms with Gasteiger partial charge in [-0.05, 0) is 19.1 Å². The van der Waals surface area contributed by atoms with Gasteiger partial charge >= 0.3 is 5.97 Å². The van der Waals surface area contributed by atoms with Crippen molar-refractivity contribution >= 4 is 11.7 Å². The van der Waals surface area contributed by atoms with Crippen molar-refractivity contribution in [1.82, 2.24) is 0 Å². The lowest BCUT2D eigenvalue weighted by atomic mass is 10.3. The van der Waals surface area contributed by atoms with Crippen LogP contribution in [-0.4, -0.2) is 12.5 Å². The van der Waals surface area contributed by atoms with E-state index in [1.165, 1.54) is 6.92 Å². The van der Waals surface area contributed by atoms with E-state index in [0.29, 0.717) is 6.54 Å². The van der Waals surface area contributed by atoms with Crippen LogP contribution in [0.15, 0.2) is 30.3 Å². The van der Waals surface area contributed by atoms with Crippen LogP contribution >= 0.6 is 0 Å².